The molecule has 0 saturated carbocycles. The fourth-order valence-corrected chi connectivity index (χ4v) is 2.05. The molecule has 6 nitrogen and oxygen atoms in total. The van der Waals surface area contributed by atoms with E-state index in [-0.39, 0.29) is 13.2 Å². The van der Waals surface area contributed by atoms with Gasteiger partial charge in [-0.25, -0.2) is 0 Å². The molecule has 0 saturated heterocycles. The normalized spacial score (nSPS) is 12.4. The van der Waals surface area contributed by atoms with E-state index in [2.05, 4.69) is 10.1 Å². The van der Waals surface area contributed by atoms with E-state index in [9.17, 15) is 5.11 Å². The maximum Gasteiger partial charge on any atom is 0.226 e. The maximum atomic E-state index is 9.36. The lowest BCUT2D eigenvalue weighted by molar-refractivity contribution is 0.0532. The van der Waals surface area contributed by atoms with Crippen molar-refractivity contribution in [2.24, 2.45) is 0 Å². The molecule has 1 heterocycles. The molecule has 0 bridgehead atoms. The van der Waals surface area contributed by atoms with Gasteiger partial charge < -0.3 is 19.5 Å². The van der Waals surface area contributed by atoms with Crippen LogP contribution in [0.1, 0.15) is 23.9 Å². The lowest BCUT2D eigenvalue weighted by Gasteiger charge is -2.15. The lowest BCUT2D eigenvalue weighted by Crippen LogP contribution is -2.21. The number of aliphatic hydroxyl groups excluding tert-OH is 2. The maximum absolute atomic E-state index is 9.36. The topological polar surface area (TPSA) is 88.6 Å². The number of hydrogen-bond donors (Lipinski definition) is 2. The monoisotopic (exact) mass is 292 g/mol. The minimum absolute atomic E-state index is 0.0553. The molecule has 0 amide bonds. The van der Waals surface area contributed by atoms with Crippen molar-refractivity contribution < 1.29 is 19.5 Å². The summed E-state index contributed by atoms with van der Waals surface area (Å²) in [5, 5.41) is 22.1. The molecule has 1 unspecified atom stereocenters. The van der Waals surface area contributed by atoms with Gasteiger partial charge in [-0.05, 0) is 37.1 Å². The van der Waals surface area contributed by atoms with E-state index in [1.165, 1.54) is 0 Å². The minimum Gasteiger partial charge on any atom is -0.490 e. The van der Waals surface area contributed by atoms with E-state index in [1.807, 2.05) is 32.9 Å². The molecule has 6 heteroatoms. The first-order chi connectivity index (χ1) is 10.0. The number of hydrogen-bond acceptors (Lipinski definition) is 6. The highest BCUT2D eigenvalue weighted by molar-refractivity contribution is 5.60. The molecular formula is C15H20N2O4. The third-order valence-electron chi connectivity index (χ3n) is 3.12. The molecule has 0 fully saturated rings. The predicted molar refractivity (Wildman–Crippen MR) is 77.2 cm³/mol. The molecule has 0 spiro atoms. The van der Waals surface area contributed by atoms with E-state index in [1.54, 1.807) is 0 Å². The summed E-state index contributed by atoms with van der Waals surface area (Å²) in [5.74, 6) is 1.86. The van der Waals surface area contributed by atoms with E-state index in [0.29, 0.717) is 23.9 Å². The van der Waals surface area contributed by atoms with Crippen molar-refractivity contribution in [1.82, 2.24) is 10.1 Å². The van der Waals surface area contributed by atoms with Crippen LogP contribution in [0, 0.1) is 13.8 Å². The zero-order valence-corrected chi connectivity index (χ0v) is 12.5. The van der Waals surface area contributed by atoms with Gasteiger partial charge in [-0.1, -0.05) is 12.1 Å². The van der Waals surface area contributed by atoms with Crippen molar-refractivity contribution in [2.75, 3.05) is 13.2 Å². The summed E-state index contributed by atoms with van der Waals surface area (Å²) >= 11 is 0. The second kappa shape index (κ2) is 6.69. The van der Waals surface area contributed by atoms with E-state index >= 15 is 0 Å². The fraction of sp³-hybridized carbons (Fsp3) is 0.467. The molecule has 1 aromatic heterocycles. The second-order valence-corrected chi connectivity index (χ2v) is 4.95. The highest BCUT2D eigenvalue weighted by Gasteiger charge is 2.13. The van der Waals surface area contributed by atoms with Crippen LogP contribution < -0.4 is 4.74 Å². The third-order valence-corrected chi connectivity index (χ3v) is 3.12. The van der Waals surface area contributed by atoms with Crippen molar-refractivity contribution in [2.45, 2.75) is 33.3 Å². The molecule has 0 radical (unpaired) electrons. The van der Waals surface area contributed by atoms with Crippen LogP contribution in [-0.4, -0.2) is 39.7 Å². The average molecular weight is 292 g/mol. The Kier molecular flexibility index (Phi) is 4.93. The van der Waals surface area contributed by atoms with E-state index < -0.39 is 6.10 Å². The third kappa shape index (κ3) is 3.59. The molecular weight excluding hydrogens is 272 g/mol. The van der Waals surface area contributed by atoms with Crippen molar-refractivity contribution in [3.8, 4) is 17.1 Å². The summed E-state index contributed by atoms with van der Waals surface area (Å²) in [6, 6.07) is 3.83. The van der Waals surface area contributed by atoms with Crippen molar-refractivity contribution in [1.29, 1.82) is 0 Å². The van der Waals surface area contributed by atoms with Crippen LogP contribution >= 0.6 is 0 Å². The van der Waals surface area contributed by atoms with Crippen LogP contribution in [0.3, 0.4) is 0 Å². The number of aryl methyl sites for hydroxylation is 3. The number of benzene rings is 1. The Morgan fingerprint density at radius 2 is 1.95 bits per heavy atom. The number of aromatic nitrogens is 2. The fourth-order valence-electron chi connectivity index (χ4n) is 2.05. The van der Waals surface area contributed by atoms with Gasteiger partial charge in [0.25, 0.3) is 0 Å². The predicted octanol–water partition coefficient (Wildman–Crippen LogP) is 1.65. The van der Waals surface area contributed by atoms with Crippen LogP contribution in [0.4, 0.5) is 0 Å². The number of aliphatic hydroxyl groups is 2. The SMILES string of the molecule is CCc1nc(-c2cc(C)c(OCC(O)CO)c(C)c2)no1. The van der Waals surface area contributed by atoms with Gasteiger partial charge in [0.2, 0.25) is 11.7 Å². The molecule has 2 aromatic rings. The van der Waals surface area contributed by atoms with Gasteiger partial charge in [0, 0.05) is 12.0 Å². The minimum atomic E-state index is -0.882. The summed E-state index contributed by atoms with van der Waals surface area (Å²) < 4.78 is 10.7. The Hall–Kier alpha value is -1.92. The first-order valence-electron chi connectivity index (χ1n) is 6.91. The molecule has 0 aliphatic heterocycles. The molecule has 0 aliphatic carbocycles. The van der Waals surface area contributed by atoms with Crippen LogP contribution in [-0.2, 0) is 6.42 Å². The van der Waals surface area contributed by atoms with Crippen LogP contribution in [0.25, 0.3) is 11.4 Å². The van der Waals surface area contributed by atoms with Gasteiger partial charge in [0.05, 0.1) is 6.61 Å². The lowest BCUT2D eigenvalue weighted by atomic mass is 10.1. The van der Waals surface area contributed by atoms with Crippen LogP contribution in [0.15, 0.2) is 16.7 Å². The summed E-state index contributed by atoms with van der Waals surface area (Å²) in [4.78, 5) is 4.31. The largest absolute Gasteiger partial charge is 0.490 e. The molecule has 114 valence electrons. The number of nitrogens with zero attached hydrogens (tertiary/aromatic N) is 2. The van der Waals surface area contributed by atoms with Crippen LogP contribution in [0.2, 0.25) is 0 Å². The summed E-state index contributed by atoms with van der Waals surface area (Å²) in [6.45, 7) is 5.52. The molecule has 0 aliphatic rings. The first kappa shape index (κ1) is 15.5. The van der Waals surface area contributed by atoms with Gasteiger partial charge in [-0.2, -0.15) is 4.98 Å². The van der Waals surface area contributed by atoms with Gasteiger partial charge >= 0.3 is 0 Å². The Bertz CT molecular complexity index is 586. The Balaban J connectivity index is 2.24. The van der Waals surface area contributed by atoms with E-state index in [4.69, 9.17) is 14.4 Å². The van der Waals surface area contributed by atoms with Gasteiger partial charge in [0.15, 0.2) is 0 Å². The second-order valence-electron chi connectivity index (χ2n) is 4.95. The van der Waals surface area contributed by atoms with Crippen LogP contribution in [0.5, 0.6) is 5.75 Å². The van der Waals surface area contributed by atoms with Crippen molar-refractivity contribution in [3.63, 3.8) is 0 Å². The van der Waals surface area contributed by atoms with Gasteiger partial charge in [0.1, 0.15) is 18.5 Å². The highest BCUT2D eigenvalue weighted by Crippen LogP contribution is 2.29. The molecule has 1 aromatic carbocycles. The van der Waals surface area contributed by atoms with E-state index in [0.717, 1.165) is 16.7 Å². The molecule has 2 rings (SSSR count). The average Bonchev–Trinajstić information content (AvgIpc) is 2.94. The molecule has 21 heavy (non-hydrogen) atoms. The Morgan fingerprint density at radius 3 is 2.48 bits per heavy atom. The van der Waals surface area contributed by atoms with Gasteiger partial charge in [-0.3, -0.25) is 0 Å². The zero-order chi connectivity index (χ0) is 15.4. The first-order valence-corrected chi connectivity index (χ1v) is 6.91. The highest BCUT2D eigenvalue weighted by atomic mass is 16.5. The Labute approximate surface area is 123 Å². The quantitative estimate of drug-likeness (QED) is 0.841. The summed E-state index contributed by atoms with van der Waals surface area (Å²) in [6.07, 6.45) is -0.182. The number of rotatable bonds is 6. The van der Waals surface area contributed by atoms with Crippen molar-refractivity contribution in [3.05, 3.63) is 29.2 Å². The standard InChI is InChI=1S/C15H20N2O4/c1-4-13-16-15(17-21-13)11-5-9(2)14(10(3)6-11)20-8-12(19)7-18/h5-6,12,18-19H,4,7-8H2,1-3H3. The van der Waals surface area contributed by atoms with Gasteiger partial charge in [-0.15, -0.1) is 0 Å². The summed E-state index contributed by atoms with van der Waals surface area (Å²) in [5.41, 5.74) is 2.69. The van der Waals surface area contributed by atoms with Crippen molar-refractivity contribution >= 4 is 0 Å². The smallest absolute Gasteiger partial charge is 0.226 e. The molecule has 1 atom stereocenters. The number of ether oxygens (including phenoxy) is 1. The molecule has 2 N–H and O–H groups in total. The zero-order valence-electron chi connectivity index (χ0n) is 12.5. The summed E-state index contributed by atoms with van der Waals surface area (Å²) in [7, 11) is 0. The Morgan fingerprint density at radius 1 is 1.29 bits per heavy atom.